The molecule has 0 saturated heterocycles. The van der Waals surface area contributed by atoms with Crippen LogP contribution in [0.25, 0.3) is 11.1 Å². The molecule has 96 valence electrons. The van der Waals surface area contributed by atoms with Crippen LogP contribution in [0.15, 0.2) is 39.1 Å². The molecule has 7 nitrogen and oxygen atoms in total. The van der Waals surface area contributed by atoms with Crippen LogP contribution in [0.4, 0.5) is 17.3 Å². The lowest BCUT2D eigenvalue weighted by Crippen LogP contribution is -1.98. The second-order valence-electron chi connectivity index (χ2n) is 3.81. The van der Waals surface area contributed by atoms with E-state index in [1.54, 1.807) is 18.2 Å². The maximum absolute atomic E-state index is 5.68. The number of hydrogen-bond acceptors (Lipinski definition) is 8. The van der Waals surface area contributed by atoms with Gasteiger partial charge in [0.25, 0.3) is 5.22 Å². The van der Waals surface area contributed by atoms with Gasteiger partial charge in [-0.2, -0.15) is 0 Å². The van der Waals surface area contributed by atoms with E-state index in [0.29, 0.717) is 38.8 Å². The summed E-state index contributed by atoms with van der Waals surface area (Å²) in [6.45, 7) is 0. The van der Waals surface area contributed by atoms with Gasteiger partial charge in [-0.25, -0.2) is 15.0 Å². The summed E-state index contributed by atoms with van der Waals surface area (Å²) in [5.41, 5.74) is 18.8. The summed E-state index contributed by atoms with van der Waals surface area (Å²) in [7, 11) is 0. The van der Waals surface area contributed by atoms with Crippen LogP contribution < -0.4 is 17.2 Å². The maximum Gasteiger partial charge on any atom is 0.264 e. The Morgan fingerprint density at radius 1 is 0.947 bits per heavy atom. The van der Waals surface area contributed by atoms with E-state index in [4.69, 9.17) is 21.6 Å². The highest BCUT2D eigenvalue weighted by Crippen LogP contribution is 2.29. The summed E-state index contributed by atoms with van der Waals surface area (Å²) in [4.78, 5) is 12.4. The zero-order valence-corrected chi connectivity index (χ0v) is 10.5. The molecule has 0 radical (unpaired) electrons. The van der Waals surface area contributed by atoms with Crippen LogP contribution in [0.3, 0.4) is 0 Å². The Bertz CT molecular complexity index is 736. The number of anilines is 3. The summed E-state index contributed by atoms with van der Waals surface area (Å²) < 4.78 is 5.54. The van der Waals surface area contributed by atoms with Gasteiger partial charge < -0.3 is 21.6 Å². The largest absolute Gasteiger partial charge is 0.431 e. The minimum absolute atomic E-state index is 0.301. The van der Waals surface area contributed by atoms with Crippen molar-refractivity contribution in [3.63, 3.8) is 0 Å². The van der Waals surface area contributed by atoms with E-state index in [9.17, 15) is 0 Å². The first-order valence-corrected chi connectivity index (χ1v) is 6.16. The van der Waals surface area contributed by atoms with E-state index in [0.717, 1.165) is 11.8 Å². The fourth-order valence-electron chi connectivity index (χ4n) is 1.55. The van der Waals surface area contributed by atoms with Crippen molar-refractivity contribution in [3.8, 4) is 0 Å². The van der Waals surface area contributed by atoms with Crippen molar-refractivity contribution < 1.29 is 4.42 Å². The van der Waals surface area contributed by atoms with Crippen LogP contribution in [0.5, 0.6) is 0 Å². The lowest BCUT2D eigenvalue weighted by atomic mass is 10.3. The minimum Gasteiger partial charge on any atom is -0.431 e. The first-order valence-electron chi connectivity index (χ1n) is 5.34. The number of hydrogen-bond donors (Lipinski definition) is 3. The van der Waals surface area contributed by atoms with Gasteiger partial charge in [0, 0.05) is 23.5 Å². The molecule has 3 aromatic rings. The number of rotatable bonds is 2. The molecule has 0 fully saturated rings. The van der Waals surface area contributed by atoms with E-state index in [-0.39, 0.29) is 0 Å². The molecule has 19 heavy (non-hydrogen) atoms. The quantitative estimate of drug-likeness (QED) is 0.473. The van der Waals surface area contributed by atoms with Crippen LogP contribution in [-0.4, -0.2) is 15.0 Å². The Morgan fingerprint density at radius 2 is 1.68 bits per heavy atom. The van der Waals surface area contributed by atoms with E-state index in [1.165, 1.54) is 6.07 Å². The van der Waals surface area contributed by atoms with Crippen molar-refractivity contribution in [1.29, 1.82) is 0 Å². The number of nitrogen functional groups attached to an aromatic ring is 3. The second kappa shape index (κ2) is 4.32. The monoisotopic (exact) mass is 274 g/mol. The molecule has 6 N–H and O–H groups in total. The summed E-state index contributed by atoms with van der Waals surface area (Å²) in [6.07, 6.45) is 0. The van der Waals surface area contributed by atoms with Crippen LogP contribution in [0, 0.1) is 0 Å². The summed E-state index contributed by atoms with van der Waals surface area (Å²) in [5, 5.41) is 0.794. The molecule has 0 aliphatic heterocycles. The van der Waals surface area contributed by atoms with Crippen LogP contribution in [0.2, 0.25) is 0 Å². The number of aromatic nitrogens is 3. The van der Waals surface area contributed by atoms with Crippen molar-refractivity contribution in [2.45, 2.75) is 10.4 Å². The molecule has 3 rings (SSSR count). The standard InChI is InChI=1S/C11H10N6OS/c12-5-1-2-7-6(3-5)15-11(18-7)19-10-16-8(13)4-9(14)17-10/h1-4H,12H2,(H4,13,14,16,17). The molecule has 2 heterocycles. The molecule has 8 heteroatoms. The Kier molecular flexibility index (Phi) is 2.64. The third-order valence-corrected chi connectivity index (χ3v) is 3.03. The van der Waals surface area contributed by atoms with Crippen molar-refractivity contribution >= 4 is 40.2 Å². The second-order valence-corrected chi connectivity index (χ2v) is 4.73. The number of benzene rings is 1. The molecule has 0 amide bonds. The van der Waals surface area contributed by atoms with Gasteiger partial charge in [-0.05, 0) is 18.2 Å². The SMILES string of the molecule is Nc1ccc2oc(Sc3nc(N)cc(N)n3)nc2c1. The molecule has 0 aliphatic carbocycles. The highest BCUT2D eigenvalue weighted by Gasteiger charge is 2.10. The minimum atomic E-state index is 0.301. The number of nitrogens with zero attached hydrogens (tertiary/aromatic N) is 3. The van der Waals surface area contributed by atoms with Crippen molar-refractivity contribution in [2.24, 2.45) is 0 Å². The van der Waals surface area contributed by atoms with E-state index in [1.807, 2.05) is 0 Å². The van der Waals surface area contributed by atoms with Crippen LogP contribution >= 0.6 is 11.8 Å². The normalized spacial score (nSPS) is 10.9. The van der Waals surface area contributed by atoms with E-state index >= 15 is 0 Å². The van der Waals surface area contributed by atoms with Gasteiger partial charge in [-0.3, -0.25) is 0 Å². The highest BCUT2D eigenvalue weighted by molar-refractivity contribution is 7.98. The summed E-state index contributed by atoms with van der Waals surface area (Å²) in [5.74, 6) is 0.603. The Labute approximate surface area is 112 Å². The number of fused-ring (bicyclic) bond motifs is 1. The van der Waals surface area contributed by atoms with Gasteiger partial charge in [0.1, 0.15) is 17.2 Å². The summed E-state index contributed by atoms with van der Waals surface area (Å²) in [6, 6.07) is 6.72. The third-order valence-electron chi connectivity index (χ3n) is 2.32. The molecule has 0 bridgehead atoms. The zero-order chi connectivity index (χ0) is 13.4. The molecular formula is C11H10N6OS. The van der Waals surface area contributed by atoms with Crippen molar-refractivity contribution in [2.75, 3.05) is 17.2 Å². The fraction of sp³-hybridized carbons (Fsp3) is 0. The van der Waals surface area contributed by atoms with Gasteiger partial charge in [0.05, 0.1) is 0 Å². The third kappa shape index (κ3) is 2.38. The Morgan fingerprint density at radius 3 is 2.42 bits per heavy atom. The maximum atomic E-state index is 5.68. The Hall–Kier alpha value is -2.48. The lowest BCUT2D eigenvalue weighted by Gasteiger charge is -1.98. The molecule has 0 aliphatic rings. The molecule has 0 atom stereocenters. The molecule has 1 aromatic carbocycles. The molecular weight excluding hydrogens is 264 g/mol. The van der Waals surface area contributed by atoms with E-state index < -0.39 is 0 Å². The number of nitrogens with two attached hydrogens (primary N) is 3. The lowest BCUT2D eigenvalue weighted by molar-refractivity contribution is 0.489. The molecule has 2 aromatic heterocycles. The zero-order valence-electron chi connectivity index (χ0n) is 9.70. The first-order chi connectivity index (χ1) is 9.10. The van der Waals surface area contributed by atoms with Gasteiger partial charge in [0.15, 0.2) is 5.58 Å². The molecule has 0 saturated carbocycles. The first kappa shape index (κ1) is 11.6. The molecule has 0 unspecified atom stereocenters. The van der Waals surface area contributed by atoms with Crippen molar-refractivity contribution in [3.05, 3.63) is 24.3 Å². The van der Waals surface area contributed by atoms with Crippen LogP contribution in [-0.2, 0) is 0 Å². The topological polar surface area (TPSA) is 130 Å². The van der Waals surface area contributed by atoms with Gasteiger partial charge in [0.2, 0.25) is 5.16 Å². The fourth-order valence-corrected chi connectivity index (χ4v) is 2.29. The predicted octanol–water partition coefficient (Wildman–Crippen LogP) is 1.52. The highest BCUT2D eigenvalue weighted by atomic mass is 32.2. The average Bonchev–Trinajstić information content (AvgIpc) is 2.68. The smallest absolute Gasteiger partial charge is 0.264 e. The predicted molar refractivity (Wildman–Crippen MR) is 73.4 cm³/mol. The average molecular weight is 274 g/mol. The van der Waals surface area contributed by atoms with Crippen molar-refractivity contribution in [1.82, 2.24) is 15.0 Å². The van der Waals surface area contributed by atoms with Gasteiger partial charge in [-0.15, -0.1) is 0 Å². The van der Waals surface area contributed by atoms with E-state index in [2.05, 4.69) is 15.0 Å². The van der Waals surface area contributed by atoms with Crippen LogP contribution in [0.1, 0.15) is 0 Å². The molecule has 0 spiro atoms. The number of oxazole rings is 1. The van der Waals surface area contributed by atoms with Gasteiger partial charge in [-0.1, -0.05) is 0 Å². The summed E-state index contributed by atoms with van der Waals surface area (Å²) >= 11 is 1.15. The Balaban J connectivity index is 1.96. The van der Waals surface area contributed by atoms with Gasteiger partial charge >= 0.3 is 0 Å².